The minimum atomic E-state index is -0.503. The molecular formula is C15H12FN3OS. The molecule has 1 aromatic heterocycles. The fourth-order valence-corrected chi connectivity index (χ4v) is 2.27. The van der Waals surface area contributed by atoms with Gasteiger partial charge < -0.3 is 10.3 Å². The number of benzene rings is 2. The predicted octanol–water partition coefficient (Wildman–Crippen LogP) is 3.85. The quantitative estimate of drug-likeness (QED) is 0.588. The molecule has 2 aromatic carbocycles. The number of hydrogen-bond donors (Lipinski definition) is 1. The first kappa shape index (κ1) is 13.6. The highest BCUT2D eigenvalue weighted by molar-refractivity contribution is 7.98. The van der Waals surface area contributed by atoms with Gasteiger partial charge in [0.15, 0.2) is 0 Å². The number of thioether (sulfide) groups is 1. The zero-order valence-electron chi connectivity index (χ0n) is 11.2. The zero-order chi connectivity index (χ0) is 14.8. The van der Waals surface area contributed by atoms with Gasteiger partial charge in [-0.2, -0.15) is 4.98 Å². The average molecular weight is 301 g/mol. The van der Waals surface area contributed by atoms with E-state index in [1.807, 2.05) is 30.5 Å². The molecule has 0 unspecified atom stereocenters. The molecule has 0 spiro atoms. The molecule has 3 rings (SSSR count). The van der Waals surface area contributed by atoms with Crippen LogP contribution in [0.3, 0.4) is 0 Å². The van der Waals surface area contributed by atoms with E-state index in [4.69, 9.17) is 10.3 Å². The molecule has 0 radical (unpaired) electrons. The molecule has 2 N–H and O–H groups in total. The van der Waals surface area contributed by atoms with E-state index in [1.54, 1.807) is 17.8 Å². The molecule has 0 amide bonds. The van der Waals surface area contributed by atoms with E-state index >= 15 is 0 Å². The van der Waals surface area contributed by atoms with E-state index in [0.717, 1.165) is 10.5 Å². The summed E-state index contributed by atoms with van der Waals surface area (Å²) in [7, 11) is 0. The van der Waals surface area contributed by atoms with Crippen LogP contribution in [0, 0.1) is 5.82 Å². The Kier molecular flexibility index (Phi) is 3.62. The third-order valence-electron chi connectivity index (χ3n) is 3.02. The standard InChI is InChI=1S/C15H12FN3OS/c1-21-11-5-2-9(3-6-11)14-18-15(20-19-14)10-4-7-13(17)12(16)8-10/h2-8H,17H2,1H3. The predicted molar refractivity (Wildman–Crippen MR) is 81.3 cm³/mol. The number of nitrogens with zero attached hydrogens (tertiary/aromatic N) is 2. The van der Waals surface area contributed by atoms with Gasteiger partial charge in [0, 0.05) is 16.0 Å². The summed E-state index contributed by atoms with van der Waals surface area (Å²) in [5.74, 6) is 0.226. The first-order valence-electron chi connectivity index (χ1n) is 6.21. The van der Waals surface area contributed by atoms with E-state index in [0.29, 0.717) is 11.4 Å². The van der Waals surface area contributed by atoms with Crippen molar-refractivity contribution >= 4 is 17.4 Å². The van der Waals surface area contributed by atoms with Crippen molar-refractivity contribution in [3.05, 3.63) is 48.3 Å². The molecule has 0 saturated heterocycles. The molecule has 0 aliphatic carbocycles. The second kappa shape index (κ2) is 5.57. The highest BCUT2D eigenvalue weighted by Gasteiger charge is 2.12. The van der Waals surface area contributed by atoms with Crippen LogP contribution in [0.15, 0.2) is 51.9 Å². The Morgan fingerprint density at radius 2 is 1.81 bits per heavy atom. The van der Waals surface area contributed by atoms with Crippen LogP contribution >= 0.6 is 11.8 Å². The third kappa shape index (κ3) is 2.75. The molecule has 0 atom stereocenters. The number of halogens is 1. The van der Waals surface area contributed by atoms with Crippen LogP contribution in [0.1, 0.15) is 0 Å². The second-order valence-electron chi connectivity index (χ2n) is 4.39. The van der Waals surface area contributed by atoms with E-state index in [1.165, 1.54) is 12.1 Å². The Morgan fingerprint density at radius 3 is 2.48 bits per heavy atom. The van der Waals surface area contributed by atoms with Gasteiger partial charge in [-0.05, 0) is 48.7 Å². The van der Waals surface area contributed by atoms with Crippen molar-refractivity contribution in [3.63, 3.8) is 0 Å². The van der Waals surface area contributed by atoms with Crippen LogP contribution in [0.2, 0.25) is 0 Å². The summed E-state index contributed by atoms with van der Waals surface area (Å²) in [5, 5.41) is 3.92. The number of aromatic nitrogens is 2. The highest BCUT2D eigenvalue weighted by atomic mass is 32.2. The van der Waals surface area contributed by atoms with E-state index in [-0.39, 0.29) is 11.6 Å². The number of rotatable bonds is 3. The Balaban J connectivity index is 1.93. The summed E-state index contributed by atoms with van der Waals surface area (Å²) in [5.41, 5.74) is 6.88. The van der Waals surface area contributed by atoms with Gasteiger partial charge in [-0.15, -0.1) is 11.8 Å². The molecule has 0 aliphatic heterocycles. The average Bonchev–Trinajstić information content (AvgIpc) is 3.00. The molecule has 0 saturated carbocycles. The molecule has 1 heterocycles. The SMILES string of the molecule is CSc1ccc(-c2noc(-c3ccc(N)c(F)c3)n2)cc1. The molecule has 6 heteroatoms. The molecular weight excluding hydrogens is 289 g/mol. The fraction of sp³-hybridized carbons (Fsp3) is 0.0667. The monoisotopic (exact) mass is 301 g/mol. The Morgan fingerprint density at radius 1 is 1.10 bits per heavy atom. The van der Waals surface area contributed by atoms with Gasteiger partial charge in [-0.25, -0.2) is 4.39 Å². The number of nitrogens with two attached hydrogens (primary N) is 1. The summed E-state index contributed by atoms with van der Waals surface area (Å²) in [6.45, 7) is 0. The van der Waals surface area contributed by atoms with E-state index < -0.39 is 5.82 Å². The zero-order valence-corrected chi connectivity index (χ0v) is 12.0. The first-order chi connectivity index (χ1) is 10.2. The van der Waals surface area contributed by atoms with Crippen molar-refractivity contribution < 1.29 is 8.91 Å². The van der Waals surface area contributed by atoms with E-state index in [9.17, 15) is 4.39 Å². The molecule has 0 fully saturated rings. The van der Waals surface area contributed by atoms with Crippen molar-refractivity contribution in [3.8, 4) is 22.8 Å². The minimum Gasteiger partial charge on any atom is -0.396 e. The molecule has 3 aromatic rings. The summed E-state index contributed by atoms with van der Waals surface area (Å²) in [6, 6.07) is 12.2. The van der Waals surface area contributed by atoms with Gasteiger partial charge in [0.25, 0.3) is 5.89 Å². The topological polar surface area (TPSA) is 64.9 Å². The number of nitrogen functional groups attached to an aromatic ring is 1. The summed E-state index contributed by atoms with van der Waals surface area (Å²) >= 11 is 1.66. The van der Waals surface area contributed by atoms with Gasteiger partial charge in [0.1, 0.15) is 5.82 Å². The molecule has 106 valence electrons. The summed E-state index contributed by atoms with van der Waals surface area (Å²) < 4.78 is 18.6. The molecule has 0 bridgehead atoms. The normalized spacial score (nSPS) is 10.8. The van der Waals surface area contributed by atoms with Crippen LogP contribution in [-0.4, -0.2) is 16.4 Å². The highest BCUT2D eigenvalue weighted by Crippen LogP contribution is 2.25. The fourth-order valence-electron chi connectivity index (χ4n) is 1.86. The van der Waals surface area contributed by atoms with Crippen LogP contribution in [0.4, 0.5) is 10.1 Å². The lowest BCUT2D eigenvalue weighted by Crippen LogP contribution is -1.90. The maximum atomic E-state index is 13.5. The Hall–Kier alpha value is -2.34. The summed E-state index contributed by atoms with van der Waals surface area (Å²) in [6.07, 6.45) is 2.01. The Bertz CT molecular complexity index is 771. The van der Waals surface area contributed by atoms with E-state index in [2.05, 4.69) is 10.1 Å². The largest absolute Gasteiger partial charge is 0.396 e. The maximum absolute atomic E-state index is 13.5. The number of anilines is 1. The second-order valence-corrected chi connectivity index (χ2v) is 5.27. The lowest BCUT2D eigenvalue weighted by Gasteiger charge is -1.98. The third-order valence-corrected chi connectivity index (χ3v) is 3.77. The maximum Gasteiger partial charge on any atom is 0.258 e. The minimum absolute atomic E-state index is 0.0890. The smallest absolute Gasteiger partial charge is 0.258 e. The van der Waals surface area contributed by atoms with Crippen molar-refractivity contribution in [1.82, 2.24) is 10.1 Å². The van der Waals surface area contributed by atoms with Crippen molar-refractivity contribution in [2.45, 2.75) is 4.90 Å². The summed E-state index contributed by atoms with van der Waals surface area (Å²) in [4.78, 5) is 5.44. The van der Waals surface area contributed by atoms with Gasteiger partial charge in [0.2, 0.25) is 5.82 Å². The van der Waals surface area contributed by atoms with Gasteiger partial charge in [-0.1, -0.05) is 5.16 Å². The van der Waals surface area contributed by atoms with Crippen molar-refractivity contribution in [2.24, 2.45) is 0 Å². The van der Waals surface area contributed by atoms with Gasteiger partial charge in [0.05, 0.1) is 5.69 Å². The van der Waals surface area contributed by atoms with Crippen LogP contribution in [0.25, 0.3) is 22.8 Å². The van der Waals surface area contributed by atoms with Crippen molar-refractivity contribution in [1.29, 1.82) is 0 Å². The van der Waals surface area contributed by atoms with Crippen LogP contribution in [-0.2, 0) is 0 Å². The lowest BCUT2D eigenvalue weighted by atomic mass is 10.2. The number of hydrogen-bond acceptors (Lipinski definition) is 5. The van der Waals surface area contributed by atoms with Crippen LogP contribution < -0.4 is 5.73 Å². The lowest BCUT2D eigenvalue weighted by molar-refractivity contribution is 0.432. The molecule has 0 aliphatic rings. The molecule has 4 nitrogen and oxygen atoms in total. The van der Waals surface area contributed by atoms with Gasteiger partial charge >= 0.3 is 0 Å². The van der Waals surface area contributed by atoms with Crippen molar-refractivity contribution in [2.75, 3.05) is 12.0 Å². The van der Waals surface area contributed by atoms with Crippen LogP contribution in [0.5, 0.6) is 0 Å². The first-order valence-corrected chi connectivity index (χ1v) is 7.43. The Labute approximate surface area is 125 Å². The molecule has 21 heavy (non-hydrogen) atoms. The van der Waals surface area contributed by atoms with Gasteiger partial charge in [-0.3, -0.25) is 0 Å².